The standard InChI is InChI=1S/C35H67NO5/c1-4-6-8-10-12-14-16-18-20-22-24-26-33(37)30-32(31-41-35(39)36-28-29-40-3)34(38)27-25-23-21-19-17-15-13-11-9-7-5-2/h32H,4-31H2,1-3H3,(H,36,39). The molecule has 242 valence electrons. The molecule has 0 saturated heterocycles. The van der Waals surface area contributed by atoms with Gasteiger partial charge in [-0.1, -0.05) is 142 Å². The van der Waals surface area contributed by atoms with Crippen LogP contribution in [0.3, 0.4) is 0 Å². The summed E-state index contributed by atoms with van der Waals surface area (Å²) in [5, 5.41) is 2.61. The highest BCUT2D eigenvalue weighted by molar-refractivity contribution is 5.88. The van der Waals surface area contributed by atoms with E-state index in [4.69, 9.17) is 9.47 Å². The van der Waals surface area contributed by atoms with Crippen molar-refractivity contribution in [2.45, 2.75) is 174 Å². The number of alkyl carbamates (subject to hydrolysis) is 1. The quantitative estimate of drug-likeness (QED) is 0.0799. The van der Waals surface area contributed by atoms with Crippen molar-refractivity contribution in [1.82, 2.24) is 5.32 Å². The van der Waals surface area contributed by atoms with Gasteiger partial charge in [-0.3, -0.25) is 9.59 Å². The first-order chi connectivity index (χ1) is 20.0. The molecule has 0 aromatic heterocycles. The summed E-state index contributed by atoms with van der Waals surface area (Å²) in [6.45, 7) is 5.22. The molecule has 0 aliphatic heterocycles. The highest BCUT2D eigenvalue weighted by Crippen LogP contribution is 2.17. The van der Waals surface area contributed by atoms with Gasteiger partial charge in [0.1, 0.15) is 18.2 Å². The zero-order valence-electron chi connectivity index (χ0n) is 27.4. The molecule has 0 heterocycles. The summed E-state index contributed by atoms with van der Waals surface area (Å²) in [6.07, 6.45) is 27.9. The van der Waals surface area contributed by atoms with Gasteiger partial charge in [0.15, 0.2) is 0 Å². The number of ketones is 2. The predicted molar refractivity (Wildman–Crippen MR) is 172 cm³/mol. The number of hydrogen-bond acceptors (Lipinski definition) is 5. The first-order valence-electron chi connectivity index (χ1n) is 17.5. The number of ether oxygens (including phenoxy) is 2. The van der Waals surface area contributed by atoms with Crippen LogP contribution in [0, 0.1) is 5.92 Å². The van der Waals surface area contributed by atoms with Crippen LogP contribution >= 0.6 is 0 Å². The van der Waals surface area contributed by atoms with Gasteiger partial charge < -0.3 is 14.8 Å². The van der Waals surface area contributed by atoms with Crippen LogP contribution in [-0.2, 0) is 19.1 Å². The van der Waals surface area contributed by atoms with Crippen LogP contribution in [0.5, 0.6) is 0 Å². The maximum atomic E-state index is 13.0. The van der Waals surface area contributed by atoms with Crippen molar-refractivity contribution in [2.24, 2.45) is 5.92 Å². The van der Waals surface area contributed by atoms with Gasteiger partial charge in [-0.05, 0) is 12.8 Å². The fourth-order valence-corrected chi connectivity index (χ4v) is 5.28. The molecule has 0 fully saturated rings. The lowest BCUT2D eigenvalue weighted by molar-refractivity contribution is -0.129. The summed E-state index contributed by atoms with van der Waals surface area (Å²) >= 11 is 0. The fourth-order valence-electron chi connectivity index (χ4n) is 5.28. The first-order valence-corrected chi connectivity index (χ1v) is 17.5. The number of carbonyl (C=O) groups excluding carboxylic acids is 3. The molecule has 41 heavy (non-hydrogen) atoms. The van der Waals surface area contributed by atoms with E-state index < -0.39 is 12.0 Å². The Morgan fingerprint density at radius 2 is 1.00 bits per heavy atom. The van der Waals surface area contributed by atoms with E-state index in [1.807, 2.05) is 0 Å². The van der Waals surface area contributed by atoms with Crippen molar-refractivity contribution < 1.29 is 23.9 Å². The summed E-state index contributed by atoms with van der Waals surface area (Å²) < 4.78 is 10.2. The molecule has 1 atom stereocenters. The molecule has 0 rings (SSSR count). The van der Waals surface area contributed by atoms with Crippen LogP contribution < -0.4 is 5.32 Å². The lowest BCUT2D eigenvalue weighted by Crippen LogP contribution is -2.31. The lowest BCUT2D eigenvalue weighted by Gasteiger charge is -2.16. The molecule has 0 radical (unpaired) electrons. The molecule has 0 spiro atoms. The monoisotopic (exact) mass is 582 g/mol. The zero-order chi connectivity index (χ0) is 30.2. The highest BCUT2D eigenvalue weighted by atomic mass is 16.5. The Kier molecular flexibility index (Phi) is 30.4. The van der Waals surface area contributed by atoms with E-state index in [1.165, 1.54) is 109 Å². The Balaban J connectivity index is 4.24. The van der Waals surface area contributed by atoms with Gasteiger partial charge in [-0.25, -0.2) is 4.79 Å². The highest BCUT2D eigenvalue weighted by Gasteiger charge is 2.23. The smallest absolute Gasteiger partial charge is 0.407 e. The average molecular weight is 582 g/mol. The van der Waals surface area contributed by atoms with Gasteiger partial charge in [0.05, 0.1) is 12.5 Å². The first kappa shape index (κ1) is 39.6. The molecule has 1 N–H and O–H groups in total. The number of hydrogen-bond donors (Lipinski definition) is 1. The van der Waals surface area contributed by atoms with Crippen LogP contribution in [0.25, 0.3) is 0 Å². The number of methoxy groups -OCH3 is 1. The van der Waals surface area contributed by atoms with Crippen molar-refractivity contribution in [2.75, 3.05) is 26.9 Å². The van der Waals surface area contributed by atoms with Crippen molar-refractivity contribution in [3.63, 3.8) is 0 Å². The topological polar surface area (TPSA) is 81.7 Å². The molecule has 6 nitrogen and oxygen atoms in total. The van der Waals surface area contributed by atoms with Crippen LogP contribution in [0.4, 0.5) is 4.79 Å². The number of carbonyl (C=O) groups is 3. The minimum atomic E-state index is -0.563. The molecule has 0 bridgehead atoms. The Hall–Kier alpha value is -1.43. The maximum absolute atomic E-state index is 13.0. The number of unbranched alkanes of at least 4 members (excludes halogenated alkanes) is 20. The normalized spacial score (nSPS) is 11.9. The third-order valence-corrected chi connectivity index (χ3v) is 8.01. The van der Waals surface area contributed by atoms with E-state index in [2.05, 4.69) is 19.2 Å². The summed E-state index contributed by atoms with van der Waals surface area (Å²) in [5.41, 5.74) is 0. The van der Waals surface area contributed by atoms with E-state index in [0.717, 1.165) is 32.1 Å². The Morgan fingerprint density at radius 3 is 1.44 bits per heavy atom. The van der Waals surface area contributed by atoms with Crippen LogP contribution in [-0.4, -0.2) is 44.5 Å². The molecule has 0 aliphatic rings. The number of nitrogens with one attached hydrogen (secondary N) is 1. The van der Waals surface area contributed by atoms with E-state index in [1.54, 1.807) is 7.11 Å². The molecule has 0 aliphatic carbocycles. The van der Waals surface area contributed by atoms with E-state index in [0.29, 0.717) is 26.0 Å². The minimum Gasteiger partial charge on any atom is -0.449 e. The summed E-state index contributed by atoms with van der Waals surface area (Å²) in [6, 6.07) is 0. The van der Waals surface area contributed by atoms with E-state index in [9.17, 15) is 14.4 Å². The number of amides is 1. The molecule has 0 aromatic carbocycles. The molecule has 1 unspecified atom stereocenters. The van der Waals surface area contributed by atoms with Gasteiger partial charge in [-0.2, -0.15) is 0 Å². The lowest BCUT2D eigenvalue weighted by atomic mass is 9.92. The maximum Gasteiger partial charge on any atom is 0.407 e. The zero-order valence-corrected chi connectivity index (χ0v) is 27.4. The van der Waals surface area contributed by atoms with Gasteiger partial charge >= 0.3 is 6.09 Å². The molecule has 0 saturated carbocycles. The molecular formula is C35H67NO5. The number of Topliss-reactive ketones (excluding diaryl/α,β-unsaturated/α-hetero) is 2. The van der Waals surface area contributed by atoms with Crippen LogP contribution in [0.1, 0.15) is 174 Å². The Labute approximate surface area is 253 Å². The van der Waals surface area contributed by atoms with Crippen molar-refractivity contribution in [3.05, 3.63) is 0 Å². The minimum absolute atomic E-state index is 0.0281. The summed E-state index contributed by atoms with van der Waals surface area (Å²) in [4.78, 5) is 37.7. The molecule has 0 aromatic rings. The second-order valence-electron chi connectivity index (χ2n) is 12.0. The van der Waals surface area contributed by atoms with Gasteiger partial charge in [-0.15, -0.1) is 0 Å². The second kappa shape index (κ2) is 31.5. The Morgan fingerprint density at radius 1 is 0.585 bits per heavy atom. The molecule has 6 heteroatoms. The molecular weight excluding hydrogens is 514 g/mol. The van der Waals surface area contributed by atoms with Crippen LogP contribution in [0.15, 0.2) is 0 Å². The summed E-state index contributed by atoms with van der Waals surface area (Å²) in [5.74, 6) is -0.369. The SMILES string of the molecule is CCCCCCCCCCCCCC(=O)CC(COC(=O)NCCOC)C(=O)CCCCCCCCCCCCC. The largest absolute Gasteiger partial charge is 0.449 e. The van der Waals surface area contributed by atoms with Crippen molar-refractivity contribution in [3.8, 4) is 0 Å². The number of rotatable bonds is 32. The third-order valence-electron chi connectivity index (χ3n) is 8.01. The molecule has 1 amide bonds. The predicted octanol–water partition coefficient (Wildman–Crippen LogP) is 9.91. The fraction of sp³-hybridized carbons (Fsp3) is 0.914. The average Bonchev–Trinajstić information content (AvgIpc) is 2.96. The second-order valence-corrected chi connectivity index (χ2v) is 12.0. The van der Waals surface area contributed by atoms with E-state index >= 15 is 0 Å². The van der Waals surface area contributed by atoms with Crippen molar-refractivity contribution in [1.29, 1.82) is 0 Å². The van der Waals surface area contributed by atoms with Crippen molar-refractivity contribution >= 4 is 17.7 Å². The van der Waals surface area contributed by atoms with Gasteiger partial charge in [0.25, 0.3) is 0 Å². The summed E-state index contributed by atoms with van der Waals surface area (Å²) in [7, 11) is 1.57. The van der Waals surface area contributed by atoms with Crippen LogP contribution in [0.2, 0.25) is 0 Å². The third kappa shape index (κ3) is 28.5. The van der Waals surface area contributed by atoms with E-state index in [-0.39, 0.29) is 24.6 Å². The van der Waals surface area contributed by atoms with Gasteiger partial charge in [0.2, 0.25) is 0 Å². The Bertz CT molecular complexity index is 609. The van der Waals surface area contributed by atoms with Gasteiger partial charge in [0, 0.05) is 32.9 Å².